The van der Waals surface area contributed by atoms with Crippen molar-refractivity contribution in [1.29, 1.82) is 0 Å². The van der Waals surface area contributed by atoms with Crippen LogP contribution in [0.4, 0.5) is 0 Å². The van der Waals surface area contributed by atoms with E-state index in [4.69, 9.17) is 11.6 Å². The van der Waals surface area contributed by atoms with Gasteiger partial charge < -0.3 is 5.11 Å². The van der Waals surface area contributed by atoms with E-state index in [1.165, 1.54) is 89.0 Å². The number of benzene rings is 1. The molecule has 0 fully saturated rings. The van der Waals surface area contributed by atoms with Crippen LogP contribution in [0.1, 0.15) is 115 Å². The van der Waals surface area contributed by atoms with Gasteiger partial charge in [-0.3, -0.25) is 0 Å². The minimum absolute atomic E-state index is 0.443. The van der Waals surface area contributed by atoms with Crippen LogP contribution in [-0.4, -0.2) is 5.11 Å². The lowest BCUT2D eigenvalue weighted by molar-refractivity contribution is 0.464. The van der Waals surface area contributed by atoms with E-state index in [0.717, 1.165) is 29.8 Å². The number of halogens is 1. The highest BCUT2D eigenvalue weighted by Crippen LogP contribution is 2.31. The van der Waals surface area contributed by atoms with Crippen molar-refractivity contribution in [2.75, 3.05) is 0 Å². The Labute approximate surface area is 167 Å². The minimum Gasteiger partial charge on any atom is -0.508 e. The minimum atomic E-state index is 0.443. The number of phenols is 1. The zero-order valence-electron chi connectivity index (χ0n) is 17.3. The lowest BCUT2D eigenvalue weighted by Crippen LogP contribution is -1.98. The van der Waals surface area contributed by atoms with Gasteiger partial charge in [-0.2, -0.15) is 0 Å². The third-order valence-electron chi connectivity index (χ3n) is 5.41. The van der Waals surface area contributed by atoms with Gasteiger partial charge >= 0.3 is 0 Å². The molecule has 1 rings (SSSR count). The monoisotopic (exact) mass is 380 g/mol. The first-order valence-electron chi connectivity index (χ1n) is 11.2. The SMILES string of the molecule is CCCCCCCCCc1c(O)ccc(Cl)c1CCCCCCCCC. The molecule has 0 heterocycles. The van der Waals surface area contributed by atoms with E-state index in [1.807, 2.05) is 6.07 Å². The summed E-state index contributed by atoms with van der Waals surface area (Å²) in [5.74, 6) is 0.443. The van der Waals surface area contributed by atoms with Crippen molar-refractivity contribution >= 4 is 11.6 Å². The molecule has 1 aromatic carbocycles. The molecule has 1 aromatic rings. The molecule has 0 radical (unpaired) electrons. The largest absolute Gasteiger partial charge is 0.508 e. The van der Waals surface area contributed by atoms with Gasteiger partial charge in [0.15, 0.2) is 0 Å². The van der Waals surface area contributed by atoms with E-state index >= 15 is 0 Å². The van der Waals surface area contributed by atoms with Gasteiger partial charge in [-0.05, 0) is 48.9 Å². The molecule has 26 heavy (non-hydrogen) atoms. The first-order valence-corrected chi connectivity index (χ1v) is 11.6. The third-order valence-corrected chi connectivity index (χ3v) is 5.76. The van der Waals surface area contributed by atoms with Crippen LogP contribution in [0.15, 0.2) is 12.1 Å². The van der Waals surface area contributed by atoms with Crippen molar-refractivity contribution in [2.45, 2.75) is 117 Å². The average Bonchev–Trinajstić information content (AvgIpc) is 2.64. The Kier molecular flexibility index (Phi) is 13.8. The molecule has 0 aliphatic heterocycles. The normalized spacial score (nSPS) is 11.2. The van der Waals surface area contributed by atoms with Crippen LogP contribution < -0.4 is 0 Å². The predicted octanol–water partition coefficient (Wildman–Crippen LogP) is 8.63. The number of hydrogen-bond acceptors (Lipinski definition) is 1. The summed E-state index contributed by atoms with van der Waals surface area (Å²) in [4.78, 5) is 0. The standard InChI is InChI=1S/C24H41ClO/c1-3-5-7-9-11-13-15-17-21-22(24(26)20-19-23(21)25)18-16-14-12-10-8-6-4-2/h19-20,26H,3-18H2,1-2H3. The second-order valence-electron chi connectivity index (χ2n) is 7.77. The fraction of sp³-hybridized carbons (Fsp3) is 0.750. The third kappa shape index (κ3) is 9.86. The first-order chi connectivity index (χ1) is 12.7. The van der Waals surface area contributed by atoms with E-state index in [2.05, 4.69) is 13.8 Å². The molecular formula is C24H41ClO. The van der Waals surface area contributed by atoms with Crippen LogP contribution in [0.5, 0.6) is 5.75 Å². The van der Waals surface area contributed by atoms with Gasteiger partial charge in [-0.15, -0.1) is 0 Å². The Balaban J connectivity index is 2.38. The molecule has 0 aromatic heterocycles. The molecule has 0 saturated carbocycles. The van der Waals surface area contributed by atoms with Crippen LogP contribution in [-0.2, 0) is 12.8 Å². The Morgan fingerprint density at radius 1 is 0.615 bits per heavy atom. The Hall–Kier alpha value is -0.690. The highest BCUT2D eigenvalue weighted by molar-refractivity contribution is 6.31. The maximum absolute atomic E-state index is 10.3. The fourth-order valence-corrected chi connectivity index (χ4v) is 3.99. The van der Waals surface area contributed by atoms with Crippen LogP contribution in [0.3, 0.4) is 0 Å². The van der Waals surface area contributed by atoms with Crippen molar-refractivity contribution in [3.63, 3.8) is 0 Å². The molecular weight excluding hydrogens is 340 g/mol. The van der Waals surface area contributed by atoms with Gasteiger partial charge in [0.25, 0.3) is 0 Å². The number of hydrogen-bond donors (Lipinski definition) is 1. The summed E-state index contributed by atoms with van der Waals surface area (Å²) in [6.45, 7) is 4.52. The summed E-state index contributed by atoms with van der Waals surface area (Å²) in [7, 11) is 0. The highest BCUT2D eigenvalue weighted by Gasteiger charge is 2.12. The average molecular weight is 381 g/mol. The number of aromatic hydroxyl groups is 1. The smallest absolute Gasteiger partial charge is 0.119 e. The molecule has 0 spiro atoms. The number of unbranched alkanes of at least 4 members (excludes halogenated alkanes) is 12. The van der Waals surface area contributed by atoms with E-state index in [-0.39, 0.29) is 0 Å². The molecule has 1 N–H and O–H groups in total. The molecule has 0 aliphatic carbocycles. The lowest BCUT2D eigenvalue weighted by Gasteiger charge is -2.14. The molecule has 150 valence electrons. The Morgan fingerprint density at radius 2 is 1.04 bits per heavy atom. The molecule has 0 amide bonds. The van der Waals surface area contributed by atoms with Crippen LogP contribution >= 0.6 is 11.6 Å². The molecule has 0 atom stereocenters. The molecule has 0 unspecified atom stereocenters. The second kappa shape index (κ2) is 15.4. The zero-order chi connectivity index (χ0) is 19.0. The molecule has 0 aliphatic rings. The summed E-state index contributed by atoms with van der Waals surface area (Å²) < 4.78 is 0. The van der Waals surface area contributed by atoms with Gasteiger partial charge in [0.1, 0.15) is 5.75 Å². The summed E-state index contributed by atoms with van der Waals surface area (Å²) >= 11 is 6.47. The van der Waals surface area contributed by atoms with Crippen molar-refractivity contribution < 1.29 is 5.11 Å². The highest BCUT2D eigenvalue weighted by atomic mass is 35.5. The van der Waals surface area contributed by atoms with Gasteiger partial charge in [-0.1, -0.05) is 102 Å². The molecule has 2 heteroatoms. The van der Waals surface area contributed by atoms with E-state index < -0.39 is 0 Å². The van der Waals surface area contributed by atoms with Crippen LogP contribution in [0, 0.1) is 0 Å². The van der Waals surface area contributed by atoms with Gasteiger partial charge in [0.2, 0.25) is 0 Å². The maximum Gasteiger partial charge on any atom is 0.119 e. The topological polar surface area (TPSA) is 20.2 Å². The Morgan fingerprint density at radius 3 is 1.54 bits per heavy atom. The van der Waals surface area contributed by atoms with Crippen LogP contribution in [0.2, 0.25) is 5.02 Å². The Bertz CT molecular complexity index is 427. The van der Waals surface area contributed by atoms with Crippen LogP contribution in [0.25, 0.3) is 0 Å². The van der Waals surface area contributed by atoms with Gasteiger partial charge in [-0.25, -0.2) is 0 Å². The maximum atomic E-state index is 10.3. The van der Waals surface area contributed by atoms with Crippen molar-refractivity contribution in [3.05, 3.63) is 28.3 Å². The van der Waals surface area contributed by atoms with Crippen molar-refractivity contribution in [2.24, 2.45) is 0 Å². The summed E-state index contributed by atoms with van der Waals surface area (Å²) in [5.41, 5.74) is 2.31. The van der Waals surface area contributed by atoms with Crippen molar-refractivity contribution in [3.8, 4) is 5.75 Å². The van der Waals surface area contributed by atoms with E-state index in [1.54, 1.807) is 6.07 Å². The molecule has 0 saturated heterocycles. The first kappa shape index (κ1) is 23.3. The quantitative estimate of drug-likeness (QED) is 0.284. The zero-order valence-corrected chi connectivity index (χ0v) is 18.0. The number of rotatable bonds is 16. The fourth-order valence-electron chi connectivity index (χ4n) is 3.72. The van der Waals surface area contributed by atoms with Gasteiger partial charge in [0.05, 0.1) is 0 Å². The molecule has 0 bridgehead atoms. The summed E-state index contributed by atoms with van der Waals surface area (Å²) in [5, 5.41) is 11.2. The molecule has 1 nitrogen and oxygen atoms in total. The second-order valence-corrected chi connectivity index (χ2v) is 8.17. The summed E-state index contributed by atoms with van der Waals surface area (Å²) in [6.07, 6.45) is 20.2. The number of phenolic OH excluding ortho intramolecular Hbond substituents is 1. The predicted molar refractivity (Wildman–Crippen MR) is 117 cm³/mol. The lowest BCUT2D eigenvalue weighted by atomic mass is 9.95. The van der Waals surface area contributed by atoms with Gasteiger partial charge in [0, 0.05) is 5.02 Å². The summed E-state index contributed by atoms with van der Waals surface area (Å²) in [6, 6.07) is 3.63. The van der Waals surface area contributed by atoms with Crippen molar-refractivity contribution in [1.82, 2.24) is 0 Å². The van der Waals surface area contributed by atoms with E-state index in [9.17, 15) is 5.11 Å². The van der Waals surface area contributed by atoms with E-state index in [0.29, 0.717) is 5.75 Å².